The Morgan fingerprint density at radius 3 is 1.85 bits per heavy atom. The van der Waals surface area contributed by atoms with E-state index in [0.29, 0.717) is 5.56 Å². The van der Waals surface area contributed by atoms with Crippen LogP contribution in [-0.4, -0.2) is 19.7 Å². The van der Waals surface area contributed by atoms with E-state index in [9.17, 15) is 4.79 Å². The molecule has 0 amide bonds. The molecule has 0 aliphatic heterocycles. The first-order chi connectivity index (χ1) is 13.2. The zero-order chi connectivity index (χ0) is 19.1. The minimum atomic E-state index is 0.676. The van der Waals surface area contributed by atoms with E-state index in [0.717, 1.165) is 35.2 Å². The number of nitrogens with zero attached hydrogens (tertiary/aromatic N) is 1. The summed E-state index contributed by atoms with van der Waals surface area (Å²) >= 11 is 0. The van der Waals surface area contributed by atoms with Crippen molar-refractivity contribution in [2.75, 3.05) is 4.90 Å². The van der Waals surface area contributed by atoms with Crippen molar-refractivity contribution < 1.29 is 4.79 Å². The zero-order valence-electron chi connectivity index (χ0n) is 15.8. The first kappa shape index (κ1) is 18.8. The molecule has 0 radical (unpaired) electrons. The predicted molar refractivity (Wildman–Crippen MR) is 118 cm³/mol. The van der Waals surface area contributed by atoms with E-state index < -0.39 is 0 Å². The molecule has 134 valence electrons. The van der Waals surface area contributed by atoms with Crippen LogP contribution >= 0.6 is 0 Å². The van der Waals surface area contributed by atoms with Gasteiger partial charge >= 0.3 is 155 Å². The van der Waals surface area contributed by atoms with E-state index in [4.69, 9.17) is 0 Å². The molecule has 2 nitrogen and oxygen atoms in total. The van der Waals surface area contributed by atoms with Crippen LogP contribution in [0.1, 0.15) is 35.7 Å². The molecule has 0 aliphatic carbocycles. The van der Waals surface area contributed by atoms with Crippen LogP contribution in [0.3, 0.4) is 0 Å². The summed E-state index contributed by atoms with van der Waals surface area (Å²) in [7, 11) is 0. The minimum absolute atomic E-state index is 0.676. The van der Waals surface area contributed by atoms with E-state index in [-0.39, 0.29) is 0 Å². The van der Waals surface area contributed by atoms with Crippen LogP contribution in [-0.2, 0) is 6.42 Å². The van der Waals surface area contributed by atoms with Gasteiger partial charge < -0.3 is 0 Å². The SMILES string of the molecule is C=Bc1ccc(N(c2ccc(C=O)cc2)c2ccc(CCCC)cc2)cc1. The topological polar surface area (TPSA) is 20.3 Å². The van der Waals surface area contributed by atoms with Crippen molar-refractivity contribution in [2.45, 2.75) is 26.2 Å². The van der Waals surface area contributed by atoms with Crippen molar-refractivity contribution >= 4 is 42.2 Å². The van der Waals surface area contributed by atoms with Crippen LogP contribution in [0.5, 0.6) is 0 Å². The fourth-order valence-electron chi connectivity index (χ4n) is 3.10. The second-order valence-corrected chi connectivity index (χ2v) is 6.61. The van der Waals surface area contributed by atoms with Gasteiger partial charge in [0.25, 0.3) is 0 Å². The van der Waals surface area contributed by atoms with Crippen molar-refractivity contribution in [3.05, 3.63) is 83.9 Å². The second kappa shape index (κ2) is 9.13. The number of rotatable bonds is 8. The molecule has 0 atom stereocenters. The fourth-order valence-corrected chi connectivity index (χ4v) is 3.10. The molecule has 0 aliphatic rings. The monoisotopic (exact) mass is 353 g/mol. The van der Waals surface area contributed by atoms with Crippen molar-refractivity contribution in [2.24, 2.45) is 0 Å². The van der Waals surface area contributed by atoms with E-state index >= 15 is 0 Å². The van der Waals surface area contributed by atoms with Gasteiger partial charge in [0.1, 0.15) is 0 Å². The van der Waals surface area contributed by atoms with Crippen molar-refractivity contribution in [1.82, 2.24) is 0 Å². The summed E-state index contributed by atoms with van der Waals surface area (Å²) in [4.78, 5) is 13.2. The molecule has 0 heterocycles. The molecule has 0 saturated carbocycles. The quantitative estimate of drug-likeness (QED) is 0.416. The normalized spacial score (nSPS) is 10.3. The van der Waals surface area contributed by atoms with Crippen LogP contribution in [0.25, 0.3) is 0 Å². The summed E-state index contributed by atoms with van der Waals surface area (Å²) in [6.07, 6.45) is 4.39. The van der Waals surface area contributed by atoms with Gasteiger partial charge in [0.05, 0.1) is 0 Å². The first-order valence-electron chi connectivity index (χ1n) is 9.42. The van der Waals surface area contributed by atoms with E-state index in [1.165, 1.54) is 18.4 Å². The molecule has 3 heteroatoms. The van der Waals surface area contributed by atoms with Gasteiger partial charge in [0.15, 0.2) is 0 Å². The Kier molecular flexibility index (Phi) is 6.37. The summed E-state index contributed by atoms with van der Waals surface area (Å²) in [6.45, 7) is 7.89. The maximum atomic E-state index is 11.0. The summed E-state index contributed by atoms with van der Waals surface area (Å²) in [5, 5.41) is 0. The van der Waals surface area contributed by atoms with Crippen molar-refractivity contribution in [3.8, 4) is 0 Å². The first-order valence-corrected chi connectivity index (χ1v) is 9.42. The molecule has 0 N–H and O–H groups in total. The Morgan fingerprint density at radius 2 is 1.37 bits per heavy atom. The van der Waals surface area contributed by atoms with Gasteiger partial charge in [-0.05, 0) is 0 Å². The molecule has 0 spiro atoms. The summed E-state index contributed by atoms with van der Waals surface area (Å²) < 4.78 is 0. The van der Waals surface area contributed by atoms with Crippen molar-refractivity contribution in [3.63, 3.8) is 0 Å². The molecule has 27 heavy (non-hydrogen) atoms. The number of carbonyl (C=O) groups excluding carboxylic acids is 1. The van der Waals surface area contributed by atoms with Crippen molar-refractivity contribution in [1.29, 1.82) is 0 Å². The third kappa shape index (κ3) is 4.62. The number of aryl methyl sites for hydroxylation is 1. The van der Waals surface area contributed by atoms with Gasteiger partial charge in [0, 0.05) is 0 Å². The molecule has 0 unspecified atom stereocenters. The molecule has 0 aromatic heterocycles. The molecular formula is C24H24BNO. The number of aldehydes is 1. The summed E-state index contributed by atoms with van der Waals surface area (Å²) in [6, 6.07) is 24.7. The van der Waals surface area contributed by atoms with Crippen LogP contribution in [0, 0.1) is 0 Å². The molecular weight excluding hydrogens is 329 g/mol. The average molecular weight is 353 g/mol. The van der Waals surface area contributed by atoms with Gasteiger partial charge in [-0.25, -0.2) is 0 Å². The fraction of sp³-hybridized carbons (Fsp3) is 0.167. The Hall–Kier alpha value is -2.94. The van der Waals surface area contributed by atoms with E-state index in [1.54, 1.807) is 0 Å². The average Bonchev–Trinajstić information content (AvgIpc) is 2.74. The second-order valence-electron chi connectivity index (χ2n) is 6.61. The predicted octanol–water partition coefficient (Wildman–Crippen LogP) is 5.07. The molecule has 0 saturated heterocycles. The third-order valence-corrected chi connectivity index (χ3v) is 4.69. The summed E-state index contributed by atoms with van der Waals surface area (Å²) in [5.41, 5.74) is 6.31. The third-order valence-electron chi connectivity index (χ3n) is 4.69. The van der Waals surface area contributed by atoms with Gasteiger partial charge in [0.2, 0.25) is 0 Å². The van der Waals surface area contributed by atoms with E-state index in [2.05, 4.69) is 66.8 Å². The van der Waals surface area contributed by atoms with Gasteiger partial charge in [-0.15, -0.1) is 0 Å². The van der Waals surface area contributed by atoms with Crippen LogP contribution in [0.15, 0.2) is 72.8 Å². The number of hydrogen-bond donors (Lipinski definition) is 0. The molecule has 3 rings (SSSR count). The molecule has 0 bridgehead atoms. The Bertz CT molecular complexity index is 832. The Labute approximate surface area is 162 Å². The Morgan fingerprint density at radius 1 is 0.852 bits per heavy atom. The molecule has 3 aromatic carbocycles. The van der Waals surface area contributed by atoms with Crippen LogP contribution in [0.2, 0.25) is 0 Å². The molecule has 0 fully saturated rings. The Balaban J connectivity index is 1.99. The standard InChI is InChI=1S/C24H24BNO/c1-3-4-5-19-6-12-22(13-7-19)26(23-14-8-20(18-27)9-15-23)24-16-10-21(25-2)11-17-24/h6-18H,2-5H2,1H3. The van der Waals surface area contributed by atoms with Gasteiger partial charge in [-0.1, -0.05) is 6.92 Å². The summed E-state index contributed by atoms with van der Waals surface area (Å²) in [5.74, 6) is 0. The van der Waals surface area contributed by atoms with Gasteiger partial charge in [-0.3, -0.25) is 0 Å². The number of anilines is 3. The van der Waals surface area contributed by atoms with E-state index in [1.807, 2.05) is 31.2 Å². The maximum absolute atomic E-state index is 11.0. The zero-order valence-corrected chi connectivity index (χ0v) is 15.8. The number of benzene rings is 3. The number of carbonyl (C=O) groups is 1. The van der Waals surface area contributed by atoms with Crippen LogP contribution < -0.4 is 10.4 Å². The van der Waals surface area contributed by atoms with Gasteiger partial charge in [-0.2, -0.15) is 0 Å². The van der Waals surface area contributed by atoms with Crippen LogP contribution in [0.4, 0.5) is 17.1 Å². The number of hydrogen-bond acceptors (Lipinski definition) is 2. The number of unbranched alkanes of at least 4 members (excludes halogenated alkanes) is 1. The molecule has 3 aromatic rings.